The van der Waals surface area contributed by atoms with Gasteiger partial charge in [-0.3, -0.25) is 0 Å². The quantitative estimate of drug-likeness (QED) is 0.161. The van der Waals surface area contributed by atoms with E-state index in [2.05, 4.69) is 255 Å². The summed E-state index contributed by atoms with van der Waals surface area (Å²) in [6.07, 6.45) is 0. The van der Waals surface area contributed by atoms with Crippen molar-refractivity contribution >= 4 is 17.1 Å². The third-order valence-corrected chi connectivity index (χ3v) is 14.7. The molecule has 0 amide bonds. The largest absolute Gasteiger partial charge is 0.310 e. The minimum atomic E-state index is -0.497. The van der Waals surface area contributed by atoms with Crippen molar-refractivity contribution in [2.24, 2.45) is 0 Å². The first kappa shape index (κ1) is 37.5. The van der Waals surface area contributed by atoms with Gasteiger partial charge in [-0.15, -0.1) is 0 Å². The number of nitrogens with zero attached hydrogens (tertiary/aromatic N) is 1. The van der Waals surface area contributed by atoms with Crippen molar-refractivity contribution in [3.05, 3.63) is 270 Å². The molecule has 10 aromatic carbocycles. The maximum absolute atomic E-state index is 2.49. The lowest BCUT2D eigenvalue weighted by Gasteiger charge is -2.32. The summed E-state index contributed by atoms with van der Waals surface area (Å²) < 4.78 is 0. The normalized spacial score (nSPS) is 13.9. The topological polar surface area (TPSA) is 3.24 Å². The zero-order chi connectivity index (χ0) is 43.3. The van der Waals surface area contributed by atoms with Gasteiger partial charge in [-0.05, 0) is 131 Å². The average Bonchev–Trinajstić information content (AvgIpc) is 3.94. The van der Waals surface area contributed by atoms with Gasteiger partial charge in [0.25, 0.3) is 0 Å². The van der Waals surface area contributed by atoms with Gasteiger partial charge in [0.2, 0.25) is 0 Å². The second-order valence-corrected chi connectivity index (χ2v) is 18.4. The van der Waals surface area contributed by atoms with Gasteiger partial charge >= 0.3 is 0 Å². The van der Waals surface area contributed by atoms with Gasteiger partial charge in [0.1, 0.15) is 0 Å². The summed E-state index contributed by atoms with van der Waals surface area (Å²) in [7, 11) is 0. The molecular weight excluding hydrogens is 783 g/mol. The van der Waals surface area contributed by atoms with Crippen LogP contribution in [0.1, 0.15) is 47.2 Å². The summed E-state index contributed by atoms with van der Waals surface area (Å²) in [5, 5.41) is 0. The van der Waals surface area contributed by atoms with Crippen molar-refractivity contribution in [3.8, 4) is 66.8 Å². The molecule has 3 aliphatic rings. The monoisotopic (exact) mass is 827 g/mol. The molecule has 0 radical (unpaired) electrons. The zero-order valence-corrected chi connectivity index (χ0v) is 36.5. The summed E-state index contributed by atoms with van der Waals surface area (Å²) in [5.74, 6) is 0. The lowest BCUT2D eigenvalue weighted by molar-refractivity contribution is 0.660. The van der Waals surface area contributed by atoms with Crippen LogP contribution in [-0.4, -0.2) is 0 Å². The molecule has 13 rings (SSSR count). The zero-order valence-electron chi connectivity index (χ0n) is 36.5. The molecule has 0 saturated carbocycles. The Morgan fingerprint density at radius 2 is 0.723 bits per heavy atom. The number of fused-ring (bicyclic) bond motifs is 13. The van der Waals surface area contributed by atoms with Crippen molar-refractivity contribution < 1.29 is 0 Å². The highest BCUT2D eigenvalue weighted by molar-refractivity contribution is 6.02. The number of hydrogen-bond donors (Lipinski definition) is 0. The predicted molar refractivity (Wildman–Crippen MR) is 271 cm³/mol. The molecule has 1 spiro atoms. The highest BCUT2D eigenvalue weighted by atomic mass is 15.1. The molecule has 0 unspecified atom stereocenters. The van der Waals surface area contributed by atoms with Crippen LogP contribution >= 0.6 is 0 Å². The van der Waals surface area contributed by atoms with E-state index in [1.54, 1.807) is 0 Å². The molecule has 0 N–H and O–H groups in total. The molecule has 0 aliphatic heterocycles. The van der Waals surface area contributed by atoms with Crippen LogP contribution in [0.25, 0.3) is 66.8 Å². The third kappa shape index (κ3) is 5.39. The van der Waals surface area contributed by atoms with Crippen molar-refractivity contribution in [2.45, 2.75) is 24.7 Å². The Bertz CT molecular complexity index is 3440. The van der Waals surface area contributed by atoms with E-state index in [0.717, 1.165) is 17.1 Å². The van der Waals surface area contributed by atoms with E-state index in [1.165, 1.54) is 100 Å². The van der Waals surface area contributed by atoms with E-state index in [9.17, 15) is 0 Å². The van der Waals surface area contributed by atoms with Gasteiger partial charge < -0.3 is 4.90 Å². The van der Waals surface area contributed by atoms with Crippen molar-refractivity contribution in [3.63, 3.8) is 0 Å². The van der Waals surface area contributed by atoms with Crippen LogP contribution in [0.5, 0.6) is 0 Å². The molecule has 0 bridgehead atoms. The van der Waals surface area contributed by atoms with E-state index in [1.807, 2.05) is 0 Å². The van der Waals surface area contributed by atoms with Gasteiger partial charge in [-0.2, -0.15) is 0 Å². The van der Waals surface area contributed by atoms with E-state index in [0.29, 0.717) is 0 Å². The first-order valence-electron chi connectivity index (χ1n) is 22.8. The maximum Gasteiger partial charge on any atom is 0.0726 e. The SMILES string of the molecule is CC1(C)c2ccccc2-c2c(-c3ccc(N(c4ccc(-c5ccccc5)cc4)c4cccc5c4-c4ccc(-c6ccccc6)cc4C54c5ccccc5-c5ccccc54)cc3)cccc21. The summed E-state index contributed by atoms with van der Waals surface area (Å²) in [6.45, 7) is 4.72. The lowest BCUT2D eigenvalue weighted by atomic mass is 9.70. The fourth-order valence-corrected chi connectivity index (χ4v) is 11.8. The molecule has 0 saturated heterocycles. The first-order valence-corrected chi connectivity index (χ1v) is 22.8. The fraction of sp³-hybridized carbons (Fsp3) is 0.0625. The molecule has 65 heavy (non-hydrogen) atoms. The molecule has 0 heterocycles. The molecule has 10 aromatic rings. The molecule has 306 valence electrons. The maximum atomic E-state index is 2.49. The smallest absolute Gasteiger partial charge is 0.0726 e. The van der Waals surface area contributed by atoms with Crippen molar-refractivity contribution in [1.82, 2.24) is 0 Å². The summed E-state index contributed by atoms with van der Waals surface area (Å²) >= 11 is 0. The minimum Gasteiger partial charge on any atom is -0.310 e. The molecule has 1 nitrogen and oxygen atoms in total. The number of rotatable bonds is 6. The fourth-order valence-electron chi connectivity index (χ4n) is 11.8. The van der Waals surface area contributed by atoms with Crippen LogP contribution in [0.15, 0.2) is 237 Å². The van der Waals surface area contributed by atoms with Gasteiger partial charge in [0.15, 0.2) is 0 Å². The highest BCUT2D eigenvalue weighted by Crippen LogP contribution is 2.65. The van der Waals surface area contributed by atoms with Crippen molar-refractivity contribution in [1.29, 1.82) is 0 Å². The Balaban J connectivity index is 1.04. The molecule has 0 fully saturated rings. The Hall–Kier alpha value is -8.00. The summed E-state index contributed by atoms with van der Waals surface area (Å²) in [5.41, 5.74) is 26.1. The van der Waals surface area contributed by atoms with E-state index >= 15 is 0 Å². The summed E-state index contributed by atoms with van der Waals surface area (Å²) in [4.78, 5) is 2.49. The lowest BCUT2D eigenvalue weighted by Crippen LogP contribution is -2.26. The summed E-state index contributed by atoms with van der Waals surface area (Å²) in [6, 6.07) is 88.2. The highest BCUT2D eigenvalue weighted by Gasteiger charge is 2.52. The Morgan fingerprint density at radius 1 is 0.277 bits per heavy atom. The number of anilines is 3. The Labute approximate surface area is 381 Å². The van der Waals surface area contributed by atoms with Gasteiger partial charge in [0, 0.05) is 22.4 Å². The van der Waals surface area contributed by atoms with Crippen LogP contribution in [0.3, 0.4) is 0 Å². The second kappa shape index (κ2) is 14.3. The van der Waals surface area contributed by atoms with Crippen LogP contribution in [0.2, 0.25) is 0 Å². The third-order valence-electron chi connectivity index (χ3n) is 14.7. The van der Waals surface area contributed by atoms with Crippen LogP contribution < -0.4 is 4.90 Å². The molecule has 1 heteroatoms. The number of benzene rings is 10. The molecule has 0 atom stereocenters. The van der Waals surface area contributed by atoms with Crippen LogP contribution in [0.4, 0.5) is 17.1 Å². The predicted octanol–water partition coefficient (Wildman–Crippen LogP) is 16.8. The van der Waals surface area contributed by atoms with Gasteiger partial charge in [-0.25, -0.2) is 0 Å². The van der Waals surface area contributed by atoms with E-state index in [-0.39, 0.29) is 5.41 Å². The average molecular weight is 828 g/mol. The molecule has 0 aromatic heterocycles. The minimum absolute atomic E-state index is 0.0614. The second-order valence-electron chi connectivity index (χ2n) is 18.4. The van der Waals surface area contributed by atoms with E-state index < -0.39 is 5.41 Å². The molecular formula is C64H45N. The first-order chi connectivity index (χ1) is 32.0. The van der Waals surface area contributed by atoms with Crippen LogP contribution in [-0.2, 0) is 10.8 Å². The van der Waals surface area contributed by atoms with E-state index in [4.69, 9.17) is 0 Å². The molecule has 3 aliphatic carbocycles. The Morgan fingerprint density at radius 3 is 1.37 bits per heavy atom. The number of hydrogen-bond acceptors (Lipinski definition) is 1. The van der Waals surface area contributed by atoms with Gasteiger partial charge in [0.05, 0.1) is 11.1 Å². The van der Waals surface area contributed by atoms with Crippen LogP contribution in [0, 0.1) is 0 Å². The standard InChI is InChI=1S/C64H45N/c1-63(2)54-25-12-11-23-52(54)61-49(24-15-28-57(61)63)45-33-38-48(39-34-45)65(47-36-31-44(32-37-47)42-17-5-3-6-18-42)60-30-16-29-58-62(60)53-40-35-46(43-19-7-4-8-20-43)41-59(53)64(58)55-26-13-9-21-50(55)51-22-10-14-27-56(51)64/h3-41H,1-2H3. The van der Waals surface area contributed by atoms with Gasteiger partial charge in [-0.1, -0.05) is 214 Å². The van der Waals surface area contributed by atoms with Crippen molar-refractivity contribution in [2.75, 3.05) is 4.90 Å². The Kier molecular flexibility index (Phi) is 8.24.